The molecule has 360 valence electrons. The number of nitrogens with one attached hydrogen (secondary N) is 2. The lowest BCUT2D eigenvalue weighted by Gasteiger charge is -2.33. The third-order valence-electron chi connectivity index (χ3n) is 10.9. The maximum atomic E-state index is 13.1. The molecule has 0 spiro atoms. The highest BCUT2D eigenvalue weighted by molar-refractivity contribution is 7.91. The zero-order valence-electron chi connectivity index (χ0n) is 36.4. The van der Waals surface area contributed by atoms with Crippen molar-refractivity contribution in [3.05, 3.63) is 180 Å². The number of nitro groups is 1. The number of carbonyl (C=O) groups excluding carboxylic acids is 4. The molecule has 0 saturated carbocycles. The van der Waals surface area contributed by atoms with Crippen molar-refractivity contribution in [1.29, 1.82) is 0 Å². The van der Waals surface area contributed by atoms with Crippen LogP contribution in [0, 0.1) is 10.1 Å². The number of nitro benzene ring substituents is 1. The summed E-state index contributed by atoms with van der Waals surface area (Å²) in [6.07, 6.45) is 0. The molecule has 0 atom stereocenters. The van der Waals surface area contributed by atoms with E-state index in [1.54, 1.807) is 95.9 Å². The van der Waals surface area contributed by atoms with E-state index in [1.807, 2.05) is 6.07 Å². The maximum absolute atomic E-state index is 13.1. The Hall–Kier alpha value is -6.04. The van der Waals surface area contributed by atoms with Gasteiger partial charge in [0.2, 0.25) is 0 Å². The number of hydrogen-bond acceptors (Lipinski definition) is 12. The number of piperazine rings is 2. The van der Waals surface area contributed by atoms with Crippen LogP contribution in [0.2, 0.25) is 10.0 Å². The molecule has 6 aromatic rings. The van der Waals surface area contributed by atoms with Gasteiger partial charge in [0.05, 0.1) is 18.0 Å². The lowest BCUT2D eigenvalue weighted by molar-refractivity contribution is -0.384. The lowest BCUT2D eigenvalue weighted by Crippen LogP contribution is -2.50. The summed E-state index contributed by atoms with van der Waals surface area (Å²) >= 11 is 13.9. The molecule has 8 rings (SSSR count). The normalized spacial score (nSPS) is 14.6. The van der Waals surface area contributed by atoms with Crippen LogP contribution in [-0.2, 0) is 33.1 Å². The van der Waals surface area contributed by atoms with Crippen LogP contribution < -0.4 is 10.6 Å². The number of non-ortho nitro benzene ring substituents is 1. The minimum Gasteiger partial charge on any atom is -0.347 e. The Morgan fingerprint density at radius 1 is 0.507 bits per heavy atom. The third kappa shape index (κ3) is 12.8. The van der Waals surface area contributed by atoms with Gasteiger partial charge in [-0.2, -0.15) is 8.61 Å². The molecule has 2 saturated heterocycles. The quantitative estimate of drug-likeness (QED) is 0.0905. The predicted octanol–water partition coefficient (Wildman–Crippen LogP) is 6.86. The largest absolute Gasteiger partial charge is 0.347 e. The lowest BCUT2D eigenvalue weighted by atomic mass is 10.1. The van der Waals surface area contributed by atoms with E-state index < -0.39 is 25.0 Å². The number of hydrogen-bond donors (Lipinski definition) is 2. The van der Waals surface area contributed by atoms with Gasteiger partial charge >= 0.3 is 0 Å². The zero-order chi connectivity index (χ0) is 49.3. The van der Waals surface area contributed by atoms with E-state index >= 15 is 0 Å². The van der Waals surface area contributed by atoms with E-state index in [4.69, 9.17) is 23.2 Å². The van der Waals surface area contributed by atoms with Crippen LogP contribution in [0.1, 0.15) is 51.2 Å². The van der Waals surface area contributed by atoms with Crippen LogP contribution in [0.3, 0.4) is 0 Å². The number of carbonyl (C=O) groups is 4. The molecule has 2 aromatic heterocycles. The van der Waals surface area contributed by atoms with Gasteiger partial charge in [0.1, 0.15) is 8.42 Å². The summed E-state index contributed by atoms with van der Waals surface area (Å²) in [6.45, 7) is 2.20. The SMILES string of the molecule is O=C(NCc1ccc(S(=O)(=O)N2CCN(C(=O)c3ccc([N+](=O)[O-])cc3)CC2)s1)c1ccc(Cl)cc1.O=C(NCc1ccc(S(=O)(=O)N2CCN(C(=O)c3ccccc3)CC2)s1)c1ccc(Cl)cc1. The summed E-state index contributed by atoms with van der Waals surface area (Å²) in [5.41, 5.74) is 1.72. The number of thiophene rings is 2. The Bertz CT molecular complexity index is 3030. The maximum Gasteiger partial charge on any atom is 0.269 e. The van der Waals surface area contributed by atoms with Gasteiger partial charge in [-0.3, -0.25) is 29.3 Å². The summed E-state index contributed by atoms with van der Waals surface area (Å²) in [5.74, 6) is -0.957. The number of amides is 4. The first kappa shape index (κ1) is 50.8. The van der Waals surface area contributed by atoms with Gasteiger partial charge in [-0.05, 0) is 97.1 Å². The third-order valence-corrected chi connectivity index (χ3v) is 18.3. The fraction of sp³-hybridized carbons (Fsp3) is 0.217. The monoisotopic (exact) mass is 1050 g/mol. The van der Waals surface area contributed by atoms with Crippen molar-refractivity contribution < 1.29 is 40.9 Å². The molecule has 2 fully saturated rings. The van der Waals surface area contributed by atoms with Crippen molar-refractivity contribution >= 4 is 95.2 Å². The minimum atomic E-state index is -3.75. The van der Waals surface area contributed by atoms with Crippen molar-refractivity contribution in [2.24, 2.45) is 0 Å². The van der Waals surface area contributed by atoms with Gasteiger partial charge in [-0.1, -0.05) is 41.4 Å². The number of benzene rings is 4. The molecule has 17 nitrogen and oxygen atoms in total. The van der Waals surface area contributed by atoms with E-state index in [-0.39, 0.29) is 90.1 Å². The molecule has 4 amide bonds. The van der Waals surface area contributed by atoms with Crippen LogP contribution in [-0.4, -0.2) is 116 Å². The second kappa shape index (κ2) is 22.6. The first-order chi connectivity index (χ1) is 33.0. The topological polar surface area (TPSA) is 217 Å². The van der Waals surface area contributed by atoms with Gasteiger partial charge in [0.25, 0.3) is 49.4 Å². The van der Waals surface area contributed by atoms with Gasteiger partial charge < -0.3 is 20.4 Å². The Morgan fingerprint density at radius 2 is 0.870 bits per heavy atom. The number of sulfonamides is 2. The van der Waals surface area contributed by atoms with Crippen molar-refractivity contribution in [3.63, 3.8) is 0 Å². The molecular formula is C46H43Cl2N7O10S4. The van der Waals surface area contributed by atoms with Crippen LogP contribution in [0.4, 0.5) is 5.69 Å². The average molecular weight is 1050 g/mol. The number of halogens is 2. The highest BCUT2D eigenvalue weighted by Crippen LogP contribution is 2.28. The van der Waals surface area contributed by atoms with E-state index in [9.17, 15) is 46.1 Å². The fourth-order valence-corrected chi connectivity index (χ4v) is 13.1. The van der Waals surface area contributed by atoms with E-state index in [0.29, 0.717) is 50.3 Å². The molecular weight excluding hydrogens is 1010 g/mol. The molecule has 69 heavy (non-hydrogen) atoms. The Balaban J connectivity index is 0.000000205. The molecule has 2 aliphatic rings. The summed E-state index contributed by atoms with van der Waals surface area (Å²) in [6, 6.07) is 33.7. The van der Waals surface area contributed by atoms with E-state index in [2.05, 4.69) is 10.6 Å². The van der Waals surface area contributed by atoms with E-state index in [0.717, 1.165) is 27.6 Å². The van der Waals surface area contributed by atoms with Crippen molar-refractivity contribution in [2.45, 2.75) is 21.5 Å². The predicted molar refractivity (Wildman–Crippen MR) is 263 cm³/mol. The minimum absolute atomic E-state index is 0.0949. The second-order valence-electron chi connectivity index (χ2n) is 15.4. The Labute approximate surface area is 416 Å². The molecule has 0 unspecified atom stereocenters. The molecule has 0 radical (unpaired) electrons. The standard InChI is InChI=1S/C23H21ClN4O6S2.C23H22ClN3O4S2/c24-18-5-1-16(2-6-18)22(29)25-15-20-9-10-21(35-20)36(33,34)27-13-11-26(12-14-27)23(30)17-3-7-19(8-4-17)28(31)32;24-19-8-6-17(7-9-19)22(28)25-16-20-10-11-21(32-20)33(30,31)27-14-12-26(13-15-27)23(29)18-4-2-1-3-5-18/h1-10H,11-15H2,(H,25,29);1-11H,12-16H2,(H,25,28). The van der Waals surface area contributed by atoms with Crippen molar-refractivity contribution in [1.82, 2.24) is 29.0 Å². The first-order valence-corrected chi connectivity index (χ1v) is 26.4. The molecule has 2 N–H and O–H groups in total. The smallest absolute Gasteiger partial charge is 0.269 e. The molecule has 0 bridgehead atoms. The second-order valence-corrected chi connectivity index (χ2v) is 22.9. The van der Waals surface area contributed by atoms with Crippen molar-refractivity contribution in [3.8, 4) is 0 Å². The van der Waals surface area contributed by atoms with Gasteiger partial charge in [-0.15, -0.1) is 22.7 Å². The number of rotatable bonds is 13. The van der Waals surface area contributed by atoms with Gasteiger partial charge in [0, 0.05) is 107 Å². The zero-order valence-corrected chi connectivity index (χ0v) is 41.2. The van der Waals surface area contributed by atoms with Crippen LogP contribution in [0.15, 0.2) is 136 Å². The molecule has 2 aliphatic heterocycles. The summed E-state index contributed by atoms with van der Waals surface area (Å²) in [4.78, 5) is 64.7. The van der Waals surface area contributed by atoms with Crippen LogP contribution >= 0.6 is 45.9 Å². The van der Waals surface area contributed by atoms with Gasteiger partial charge in [-0.25, -0.2) is 16.8 Å². The van der Waals surface area contributed by atoms with Crippen molar-refractivity contribution in [2.75, 3.05) is 52.4 Å². The van der Waals surface area contributed by atoms with Crippen LogP contribution in [0.5, 0.6) is 0 Å². The summed E-state index contributed by atoms with van der Waals surface area (Å²) in [5, 5.41) is 17.4. The Kier molecular flexibility index (Phi) is 16.6. The number of nitrogens with zero attached hydrogens (tertiary/aromatic N) is 5. The average Bonchev–Trinajstić information content (AvgIpc) is 4.07. The van der Waals surface area contributed by atoms with Gasteiger partial charge in [0.15, 0.2) is 0 Å². The molecule has 23 heteroatoms. The first-order valence-electron chi connectivity index (χ1n) is 21.1. The van der Waals surface area contributed by atoms with Crippen LogP contribution in [0.25, 0.3) is 0 Å². The molecule has 4 aromatic carbocycles. The highest BCUT2D eigenvalue weighted by atomic mass is 35.5. The van der Waals surface area contributed by atoms with E-state index in [1.165, 1.54) is 43.8 Å². The Morgan fingerprint density at radius 3 is 1.25 bits per heavy atom. The molecule has 0 aliphatic carbocycles. The fourth-order valence-electron chi connectivity index (χ4n) is 7.11. The summed E-state index contributed by atoms with van der Waals surface area (Å²) < 4.78 is 55.5. The highest BCUT2D eigenvalue weighted by Gasteiger charge is 2.33. The molecule has 4 heterocycles. The summed E-state index contributed by atoms with van der Waals surface area (Å²) in [7, 11) is -7.42.